The van der Waals surface area contributed by atoms with Gasteiger partial charge in [-0.1, -0.05) is 24.3 Å². The first-order valence-corrected chi connectivity index (χ1v) is 8.84. The molecule has 0 aliphatic carbocycles. The van der Waals surface area contributed by atoms with Crippen molar-refractivity contribution in [1.29, 1.82) is 0 Å². The number of para-hydroxylation sites is 1. The van der Waals surface area contributed by atoms with Gasteiger partial charge in [-0.2, -0.15) is 0 Å². The predicted molar refractivity (Wildman–Crippen MR) is 97.6 cm³/mol. The Morgan fingerprint density at radius 3 is 2.76 bits per heavy atom. The Morgan fingerprint density at radius 2 is 2.00 bits per heavy atom. The van der Waals surface area contributed by atoms with Gasteiger partial charge in [0.05, 0.1) is 6.04 Å². The first kappa shape index (κ1) is 17.4. The largest absolute Gasteiger partial charge is 0.438 e. The quantitative estimate of drug-likeness (QED) is 0.877. The number of ether oxygens (including phenoxy) is 1. The monoisotopic (exact) mass is 339 g/mol. The zero-order chi connectivity index (χ0) is 17.6. The van der Waals surface area contributed by atoms with E-state index in [0.29, 0.717) is 12.4 Å². The van der Waals surface area contributed by atoms with E-state index in [1.54, 1.807) is 6.20 Å². The highest BCUT2D eigenvalue weighted by Gasteiger charge is 2.23. The summed E-state index contributed by atoms with van der Waals surface area (Å²) in [5, 5.41) is 3.02. The van der Waals surface area contributed by atoms with Crippen molar-refractivity contribution in [2.75, 3.05) is 13.1 Å². The zero-order valence-electron chi connectivity index (χ0n) is 14.9. The third-order valence-electron chi connectivity index (χ3n) is 4.67. The Bertz CT molecular complexity index is 726. The maximum atomic E-state index is 12.4. The summed E-state index contributed by atoms with van der Waals surface area (Å²) in [4.78, 5) is 19.0. The van der Waals surface area contributed by atoms with Crippen LogP contribution < -0.4 is 10.1 Å². The number of carbonyl (C=O) groups is 1. The fraction of sp³-hybridized carbons (Fsp3) is 0.400. The smallest absolute Gasteiger partial charge is 0.237 e. The van der Waals surface area contributed by atoms with Crippen LogP contribution in [-0.2, 0) is 11.3 Å². The minimum Gasteiger partial charge on any atom is -0.438 e. The van der Waals surface area contributed by atoms with Gasteiger partial charge in [0, 0.05) is 18.3 Å². The van der Waals surface area contributed by atoms with Gasteiger partial charge in [-0.15, -0.1) is 0 Å². The summed E-state index contributed by atoms with van der Waals surface area (Å²) in [5.74, 6) is 1.36. The SMILES string of the molecule is Cc1ccccc1Oc1ncccc1CNC(=O)[C@H](C)N1CCCC1. The molecule has 1 aliphatic heterocycles. The zero-order valence-corrected chi connectivity index (χ0v) is 14.9. The van der Waals surface area contributed by atoms with Gasteiger partial charge >= 0.3 is 0 Å². The minimum atomic E-state index is -0.0973. The Kier molecular flexibility index (Phi) is 5.66. The molecule has 0 spiro atoms. The second kappa shape index (κ2) is 8.12. The third-order valence-corrected chi connectivity index (χ3v) is 4.67. The summed E-state index contributed by atoms with van der Waals surface area (Å²) in [5.41, 5.74) is 1.92. The molecule has 1 fully saturated rings. The normalized spacial score (nSPS) is 15.8. The number of likely N-dealkylation sites (tertiary alicyclic amines) is 1. The van der Waals surface area contributed by atoms with E-state index in [9.17, 15) is 4.79 Å². The van der Waals surface area contributed by atoms with Crippen LogP contribution >= 0.6 is 0 Å². The number of carbonyl (C=O) groups excluding carboxylic acids is 1. The third kappa shape index (κ3) is 4.37. The van der Waals surface area contributed by atoms with Gasteiger partial charge in [0.1, 0.15) is 5.75 Å². The standard InChI is InChI=1S/C20H25N3O2/c1-15-8-3-4-10-18(15)25-20-17(9-7-11-21-20)14-22-19(24)16(2)23-12-5-6-13-23/h3-4,7-11,16H,5-6,12-14H2,1-2H3,(H,22,24)/t16-/m0/s1. The van der Waals surface area contributed by atoms with Crippen LogP contribution in [0.15, 0.2) is 42.6 Å². The van der Waals surface area contributed by atoms with E-state index in [1.807, 2.05) is 50.2 Å². The maximum Gasteiger partial charge on any atom is 0.237 e. The van der Waals surface area contributed by atoms with Crippen LogP contribution in [0.5, 0.6) is 11.6 Å². The van der Waals surface area contributed by atoms with Crippen molar-refractivity contribution in [3.05, 3.63) is 53.7 Å². The van der Waals surface area contributed by atoms with E-state index >= 15 is 0 Å². The Balaban J connectivity index is 1.65. The number of amides is 1. The molecule has 0 bridgehead atoms. The number of benzene rings is 1. The molecule has 1 aliphatic rings. The van der Waals surface area contributed by atoms with Gasteiger partial charge in [-0.25, -0.2) is 4.98 Å². The topological polar surface area (TPSA) is 54.5 Å². The van der Waals surface area contributed by atoms with Crippen molar-refractivity contribution in [2.24, 2.45) is 0 Å². The van der Waals surface area contributed by atoms with E-state index in [0.717, 1.165) is 30.0 Å². The van der Waals surface area contributed by atoms with Crippen LogP contribution in [0.25, 0.3) is 0 Å². The second-order valence-electron chi connectivity index (χ2n) is 6.47. The molecule has 1 aromatic carbocycles. The lowest BCUT2D eigenvalue weighted by Gasteiger charge is -2.22. The average molecular weight is 339 g/mol. The van der Waals surface area contributed by atoms with Crippen LogP contribution in [0.3, 0.4) is 0 Å². The first-order chi connectivity index (χ1) is 12.1. The van der Waals surface area contributed by atoms with Crippen molar-refractivity contribution in [3.8, 4) is 11.6 Å². The highest BCUT2D eigenvalue weighted by Crippen LogP contribution is 2.25. The van der Waals surface area contributed by atoms with Crippen LogP contribution in [0, 0.1) is 6.92 Å². The molecular formula is C20H25N3O2. The maximum absolute atomic E-state index is 12.4. The van der Waals surface area contributed by atoms with Crippen molar-refractivity contribution < 1.29 is 9.53 Å². The molecule has 0 radical (unpaired) electrons. The fourth-order valence-electron chi connectivity index (χ4n) is 3.05. The lowest BCUT2D eigenvalue weighted by atomic mass is 10.2. The van der Waals surface area contributed by atoms with Gasteiger partial charge in [0.25, 0.3) is 0 Å². The predicted octanol–water partition coefficient (Wildman–Crippen LogP) is 3.28. The van der Waals surface area contributed by atoms with Gasteiger partial charge in [-0.3, -0.25) is 9.69 Å². The molecular weight excluding hydrogens is 314 g/mol. The van der Waals surface area contributed by atoms with E-state index in [-0.39, 0.29) is 11.9 Å². The number of rotatable bonds is 6. The van der Waals surface area contributed by atoms with Crippen molar-refractivity contribution in [3.63, 3.8) is 0 Å². The molecule has 1 amide bonds. The molecule has 2 aromatic rings. The lowest BCUT2D eigenvalue weighted by Crippen LogP contribution is -2.43. The molecule has 1 N–H and O–H groups in total. The number of hydrogen-bond donors (Lipinski definition) is 1. The molecule has 0 saturated carbocycles. The molecule has 132 valence electrons. The van der Waals surface area contributed by atoms with E-state index in [1.165, 1.54) is 12.8 Å². The molecule has 1 aromatic heterocycles. The summed E-state index contributed by atoms with van der Waals surface area (Å²) in [6.45, 7) is 6.38. The Morgan fingerprint density at radius 1 is 1.24 bits per heavy atom. The fourth-order valence-corrected chi connectivity index (χ4v) is 3.05. The average Bonchev–Trinajstić information content (AvgIpc) is 3.16. The van der Waals surface area contributed by atoms with E-state index in [2.05, 4.69) is 15.2 Å². The van der Waals surface area contributed by atoms with Crippen LogP contribution in [0.1, 0.15) is 30.9 Å². The van der Waals surface area contributed by atoms with E-state index in [4.69, 9.17) is 4.74 Å². The van der Waals surface area contributed by atoms with Gasteiger partial charge < -0.3 is 10.1 Å². The van der Waals surface area contributed by atoms with Crippen molar-refractivity contribution in [1.82, 2.24) is 15.2 Å². The molecule has 3 rings (SSSR count). The Labute approximate surface area is 149 Å². The molecule has 25 heavy (non-hydrogen) atoms. The molecule has 1 saturated heterocycles. The van der Waals surface area contributed by atoms with Gasteiger partial charge in [-0.05, 0) is 57.5 Å². The molecule has 0 unspecified atom stereocenters. The highest BCUT2D eigenvalue weighted by molar-refractivity contribution is 5.81. The van der Waals surface area contributed by atoms with Crippen LogP contribution in [-0.4, -0.2) is 34.9 Å². The van der Waals surface area contributed by atoms with Crippen LogP contribution in [0.4, 0.5) is 0 Å². The summed E-state index contributed by atoms with van der Waals surface area (Å²) in [6.07, 6.45) is 4.05. The van der Waals surface area contributed by atoms with Gasteiger partial charge in [0.2, 0.25) is 11.8 Å². The summed E-state index contributed by atoms with van der Waals surface area (Å²) >= 11 is 0. The lowest BCUT2D eigenvalue weighted by molar-refractivity contribution is -0.125. The minimum absolute atomic E-state index is 0.0487. The van der Waals surface area contributed by atoms with Crippen LogP contribution in [0.2, 0.25) is 0 Å². The number of hydrogen-bond acceptors (Lipinski definition) is 4. The number of nitrogens with zero attached hydrogens (tertiary/aromatic N) is 2. The first-order valence-electron chi connectivity index (χ1n) is 8.84. The summed E-state index contributed by atoms with van der Waals surface area (Å²) in [7, 11) is 0. The Hall–Kier alpha value is -2.40. The molecule has 5 nitrogen and oxygen atoms in total. The summed E-state index contributed by atoms with van der Waals surface area (Å²) in [6, 6.07) is 11.5. The van der Waals surface area contributed by atoms with Crippen molar-refractivity contribution in [2.45, 2.75) is 39.3 Å². The summed E-state index contributed by atoms with van der Waals surface area (Å²) < 4.78 is 5.96. The number of aryl methyl sites for hydroxylation is 1. The molecule has 1 atom stereocenters. The second-order valence-corrected chi connectivity index (χ2v) is 6.47. The molecule has 5 heteroatoms. The molecule has 2 heterocycles. The highest BCUT2D eigenvalue weighted by atomic mass is 16.5. The number of nitrogens with one attached hydrogen (secondary N) is 1. The van der Waals surface area contributed by atoms with Crippen molar-refractivity contribution >= 4 is 5.91 Å². The number of pyridine rings is 1. The van der Waals surface area contributed by atoms with Gasteiger partial charge in [0.15, 0.2) is 0 Å². The number of aromatic nitrogens is 1. The van der Waals surface area contributed by atoms with E-state index < -0.39 is 0 Å².